The number of nitrogens with zero attached hydrogens (tertiary/aromatic N) is 1. The third-order valence-corrected chi connectivity index (χ3v) is 2.05. The highest BCUT2D eigenvalue weighted by Gasteiger charge is 2.21. The molecule has 0 unspecified atom stereocenters. The Morgan fingerprint density at radius 1 is 1.56 bits per heavy atom. The van der Waals surface area contributed by atoms with E-state index in [0.29, 0.717) is 0 Å². The minimum absolute atomic E-state index is 0.0218. The summed E-state index contributed by atoms with van der Waals surface area (Å²) in [5, 5.41) is 0. The van der Waals surface area contributed by atoms with Crippen molar-refractivity contribution in [1.29, 1.82) is 0 Å². The SMILES string of the molecule is COC(=O)Cc1cnc(N)c(N)c1C(F)F. The van der Waals surface area contributed by atoms with Crippen molar-refractivity contribution in [3.63, 3.8) is 0 Å². The molecule has 7 heteroatoms. The van der Waals surface area contributed by atoms with Gasteiger partial charge in [0.1, 0.15) is 5.82 Å². The second kappa shape index (κ2) is 4.73. The van der Waals surface area contributed by atoms with Gasteiger partial charge in [-0.05, 0) is 5.56 Å². The van der Waals surface area contributed by atoms with E-state index < -0.39 is 18.0 Å². The summed E-state index contributed by atoms with van der Waals surface area (Å²) >= 11 is 0. The van der Waals surface area contributed by atoms with Gasteiger partial charge in [-0.2, -0.15) is 0 Å². The predicted octanol–water partition coefficient (Wildman–Crippen LogP) is 0.899. The molecule has 16 heavy (non-hydrogen) atoms. The first kappa shape index (κ1) is 12.2. The Hall–Kier alpha value is -1.92. The zero-order chi connectivity index (χ0) is 12.3. The van der Waals surface area contributed by atoms with Crippen LogP contribution in [0, 0.1) is 0 Å². The number of nitrogen functional groups attached to an aromatic ring is 2. The smallest absolute Gasteiger partial charge is 0.310 e. The van der Waals surface area contributed by atoms with Crippen LogP contribution in [-0.2, 0) is 16.0 Å². The molecule has 1 aromatic rings. The molecule has 0 spiro atoms. The summed E-state index contributed by atoms with van der Waals surface area (Å²) < 4.78 is 29.8. The van der Waals surface area contributed by atoms with Crippen LogP contribution in [0.15, 0.2) is 6.20 Å². The molecule has 0 saturated carbocycles. The second-order valence-electron chi connectivity index (χ2n) is 3.05. The maximum Gasteiger partial charge on any atom is 0.310 e. The molecule has 0 bridgehead atoms. The maximum atomic E-state index is 12.7. The molecule has 1 rings (SSSR count). The van der Waals surface area contributed by atoms with Gasteiger partial charge in [0.25, 0.3) is 6.43 Å². The summed E-state index contributed by atoms with van der Waals surface area (Å²) in [5.74, 6) is -0.822. The average molecular weight is 231 g/mol. The van der Waals surface area contributed by atoms with E-state index in [2.05, 4.69) is 9.72 Å². The zero-order valence-corrected chi connectivity index (χ0v) is 8.54. The minimum atomic E-state index is -2.81. The number of rotatable bonds is 3. The molecule has 0 aliphatic carbocycles. The van der Waals surface area contributed by atoms with Crippen LogP contribution in [0.1, 0.15) is 17.6 Å². The van der Waals surface area contributed by atoms with Crippen molar-refractivity contribution in [1.82, 2.24) is 4.98 Å². The van der Waals surface area contributed by atoms with E-state index in [0.717, 1.165) is 6.20 Å². The van der Waals surface area contributed by atoms with Crippen molar-refractivity contribution in [2.45, 2.75) is 12.8 Å². The number of aromatic nitrogens is 1. The summed E-state index contributed by atoms with van der Waals surface area (Å²) in [6.07, 6.45) is -2.03. The van der Waals surface area contributed by atoms with Crippen LogP contribution in [0.4, 0.5) is 20.3 Å². The molecule has 4 N–H and O–H groups in total. The first-order valence-electron chi connectivity index (χ1n) is 4.35. The number of anilines is 2. The van der Waals surface area contributed by atoms with Crippen LogP contribution in [0.25, 0.3) is 0 Å². The highest BCUT2D eigenvalue weighted by atomic mass is 19.3. The average Bonchev–Trinajstić information content (AvgIpc) is 2.23. The molecule has 88 valence electrons. The highest BCUT2D eigenvalue weighted by Crippen LogP contribution is 2.31. The summed E-state index contributed by atoms with van der Waals surface area (Å²) in [4.78, 5) is 14.6. The molecule has 0 aliphatic heterocycles. The van der Waals surface area contributed by atoms with Gasteiger partial charge in [0.15, 0.2) is 0 Å². The maximum absolute atomic E-state index is 12.7. The fourth-order valence-corrected chi connectivity index (χ4v) is 1.22. The zero-order valence-electron chi connectivity index (χ0n) is 8.54. The molecule has 0 saturated heterocycles. The van der Waals surface area contributed by atoms with Gasteiger partial charge in [0.05, 0.1) is 19.2 Å². The molecule has 0 atom stereocenters. The van der Waals surface area contributed by atoms with Crippen LogP contribution < -0.4 is 11.5 Å². The summed E-state index contributed by atoms with van der Waals surface area (Å²) in [5.41, 5.74) is 9.95. The quantitative estimate of drug-likeness (QED) is 0.754. The first-order chi connectivity index (χ1) is 7.47. The number of hydrogen-bond acceptors (Lipinski definition) is 5. The number of carbonyl (C=O) groups excluding carboxylic acids is 1. The standard InChI is InChI=1S/C9H11F2N3O2/c1-16-5(15)2-4-3-14-9(13)7(12)6(4)8(10)11/h3,8H,2,12H2,1H3,(H2,13,14). The van der Waals surface area contributed by atoms with Crippen LogP contribution in [0.5, 0.6) is 0 Å². The van der Waals surface area contributed by atoms with E-state index in [-0.39, 0.29) is 23.5 Å². The van der Waals surface area contributed by atoms with Gasteiger partial charge in [-0.1, -0.05) is 0 Å². The molecule has 5 nitrogen and oxygen atoms in total. The molecule has 0 radical (unpaired) electrons. The number of carbonyl (C=O) groups is 1. The van der Waals surface area contributed by atoms with Crippen LogP contribution in [0.2, 0.25) is 0 Å². The van der Waals surface area contributed by atoms with Crippen LogP contribution in [0.3, 0.4) is 0 Å². The third-order valence-electron chi connectivity index (χ3n) is 2.05. The number of hydrogen-bond donors (Lipinski definition) is 2. The van der Waals surface area contributed by atoms with E-state index in [1.54, 1.807) is 0 Å². The number of pyridine rings is 1. The normalized spacial score (nSPS) is 10.5. The van der Waals surface area contributed by atoms with E-state index >= 15 is 0 Å². The van der Waals surface area contributed by atoms with Crippen molar-refractivity contribution >= 4 is 17.5 Å². The molecule has 1 aromatic heterocycles. The van der Waals surface area contributed by atoms with E-state index in [9.17, 15) is 13.6 Å². The number of nitrogens with two attached hydrogens (primary N) is 2. The Morgan fingerprint density at radius 3 is 2.69 bits per heavy atom. The third kappa shape index (κ3) is 2.36. The van der Waals surface area contributed by atoms with E-state index in [4.69, 9.17) is 11.5 Å². The fraction of sp³-hybridized carbons (Fsp3) is 0.333. The second-order valence-corrected chi connectivity index (χ2v) is 3.05. The molecule has 0 amide bonds. The molecule has 0 fully saturated rings. The lowest BCUT2D eigenvalue weighted by molar-refractivity contribution is -0.139. The molecule has 0 aromatic carbocycles. The van der Waals surface area contributed by atoms with Gasteiger partial charge in [0, 0.05) is 11.8 Å². The number of alkyl halides is 2. The monoisotopic (exact) mass is 231 g/mol. The number of methoxy groups -OCH3 is 1. The van der Waals surface area contributed by atoms with Crippen LogP contribution in [-0.4, -0.2) is 18.1 Å². The lowest BCUT2D eigenvalue weighted by atomic mass is 10.1. The van der Waals surface area contributed by atoms with Gasteiger partial charge in [-0.15, -0.1) is 0 Å². The van der Waals surface area contributed by atoms with E-state index in [1.165, 1.54) is 7.11 Å². The summed E-state index contributed by atoms with van der Waals surface area (Å²) in [6.45, 7) is 0. The van der Waals surface area contributed by atoms with Gasteiger partial charge in [0.2, 0.25) is 0 Å². The van der Waals surface area contributed by atoms with Crippen molar-refractivity contribution < 1.29 is 18.3 Å². The summed E-state index contributed by atoms with van der Waals surface area (Å²) in [7, 11) is 1.17. The van der Waals surface area contributed by atoms with Crippen molar-refractivity contribution in [2.75, 3.05) is 18.6 Å². The van der Waals surface area contributed by atoms with Crippen molar-refractivity contribution in [3.05, 3.63) is 17.3 Å². The van der Waals surface area contributed by atoms with E-state index in [1.807, 2.05) is 0 Å². The Bertz CT molecular complexity index is 410. The van der Waals surface area contributed by atoms with Gasteiger partial charge in [-0.3, -0.25) is 4.79 Å². The molecular weight excluding hydrogens is 220 g/mol. The molecule has 1 heterocycles. The summed E-state index contributed by atoms with van der Waals surface area (Å²) in [6, 6.07) is 0. The topological polar surface area (TPSA) is 91.2 Å². The Balaban J connectivity index is 3.18. The fourth-order valence-electron chi connectivity index (χ4n) is 1.22. The predicted molar refractivity (Wildman–Crippen MR) is 53.7 cm³/mol. The lowest BCUT2D eigenvalue weighted by Crippen LogP contribution is -2.11. The number of esters is 1. The van der Waals surface area contributed by atoms with Gasteiger partial charge < -0.3 is 16.2 Å². The van der Waals surface area contributed by atoms with Crippen molar-refractivity contribution in [3.8, 4) is 0 Å². The Kier molecular flexibility index (Phi) is 3.60. The molecular formula is C9H11F2N3O2. The van der Waals surface area contributed by atoms with Crippen LogP contribution >= 0.6 is 0 Å². The minimum Gasteiger partial charge on any atom is -0.469 e. The Labute approximate surface area is 90.4 Å². The lowest BCUT2D eigenvalue weighted by Gasteiger charge is -2.11. The van der Waals surface area contributed by atoms with Crippen molar-refractivity contribution in [2.24, 2.45) is 0 Å². The van der Waals surface area contributed by atoms with Gasteiger partial charge >= 0.3 is 5.97 Å². The Morgan fingerprint density at radius 2 is 2.19 bits per heavy atom. The number of ether oxygens (including phenoxy) is 1. The highest BCUT2D eigenvalue weighted by molar-refractivity contribution is 5.75. The first-order valence-corrected chi connectivity index (χ1v) is 4.35. The largest absolute Gasteiger partial charge is 0.469 e. The molecule has 0 aliphatic rings. The van der Waals surface area contributed by atoms with Gasteiger partial charge in [-0.25, -0.2) is 13.8 Å². The number of halogens is 2.